The van der Waals surface area contributed by atoms with Crippen molar-refractivity contribution < 1.29 is 22.7 Å². The van der Waals surface area contributed by atoms with Gasteiger partial charge in [-0.15, -0.1) is 0 Å². The van der Waals surface area contributed by atoms with Gasteiger partial charge in [-0.3, -0.25) is 4.79 Å². The highest BCUT2D eigenvalue weighted by Crippen LogP contribution is 2.34. The number of nitrogens with zero attached hydrogens (tertiary/aromatic N) is 3. The average molecular weight is 441 g/mol. The Hall–Kier alpha value is -3.42. The van der Waals surface area contributed by atoms with E-state index in [1.165, 1.54) is 12.1 Å². The van der Waals surface area contributed by atoms with Crippen molar-refractivity contribution in [2.45, 2.75) is 32.6 Å². The first-order chi connectivity index (χ1) is 15.2. The second-order valence-electron chi connectivity index (χ2n) is 8.01. The van der Waals surface area contributed by atoms with Crippen LogP contribution in [0.3, 0.4) is 0 Å². The number of ether oxygens (including phenoxy) is 1. The Morgan fingerprint density at radius 1 is 1.06 bits per heavy atom. The van der Waals surface area contributed by atoms with Crippen LogP contribution >= 0.6 is 0 Å². The third-order valence-electron chi connectivity index (χ3n) is 5.53. The number of halogens is 3. The van der Waals surface area contributed by atoms with Crippen molar-refractivity contribution in [2.24, 2.45) is 5.92 Å². The van der Waals surface area contributed by atoms with E-state index in [2.05, 4.69) is 9.97 Å². The highest BCUT2D eigenvalue weighted by molar-refractivity contribution is 5.98. The summed E-state index contributed by atoms with van der Waals surface area (Å²) >= 11 is 0. The lowest BCUT2D eigenvalue weighted by Crippen LogP contribution is -2.44. The summed E-state index contributed by atoms with van der Waals surface area (Å²) in [7, 11) is 0. The SMILES string of the molecule is CC(C)[C@H]1COc2ccc(-c3ccc(C(F)(F)F)cc3)cc2C(=O)N1Cc1ncccn1. The third kappa shape index (κ3) is 4.44. The molecular formula is C24H22F3N3O2. The predicted molar refractivity (Wildman–Crippen MR) is 113 cm³/mol. The Kier molecular flexibility index (Phi) is 5.86. The first kappa shape index (κ1) is 21.8. The minimum Gasteiger partial charge on any atom is -0.491 e. The number of amides is 1. The number of fused-ring (bicyclic) bond motifs is 1. The lowest BCUT2D eigenvalue weighted by atomic mass is 9.99. The van der Waals surface area contributed by atoms with Crippen LogP contribution in [-0.4, -0.2) is 33.4 Å². The summed E-state index contributed by atoms with van der Waals surface area (Å²) in [4.78, 5) is 23.8. The lowest BCUT2D eigenvalue weighted by Gasteiger charge is -2.31. The van der Waals surface area contributed by atoms with E-state index in [-0.39, 0.29) is 24.4 Å². The zero-order valence-electron chi connectivity index (χ0n) is 17.6. The van der Waals surface area contributed by atoms with Gasteiger partial charge in [0.2, 0.25) is 0 Å². The number of aromatic nitrogens is 2. The second kappa shape index (κ2) is 8.61. The molecule has 0 saturated carbocycles. The summed E-state index contributed by atoms with van der Waals surface area (Å²) in [6.07, 6.45) is -1.15. The van der Waals surface area contributed by atoms with Crippen molar-refractivity contribution in [3.8, 4) is 16.9 Å². The normalized spacial score (nSPS) is 16.5. The molecule has 1 aliphatic heterocycles. The van der Waals surface area contributed by atoms with Gasteiger partial charge in [0.05, 0.1) is 23.7 Å². The van der Waals surface area contributed by atoms with Crippen molar-refractivity contribution in [3.63, 3.8) is 0 Å². The number of hydrogen-bond acceptors (Lipinski definition) is 4. The van der Waals surface area contributed by atoms with Crippen molar-refractivity contribution >= 4 is 5.91 Å². The second-order valence-corrected chi connectivity index (χ2v) is 8.01. The highest BCUT2D eigenvalue weighted by atomic mass is 19.4. The maximum Gasteiger partial charge on any atom is 0.416 e. The van der Waals surface area contributed by atoms with Crippen LogP contribution < -0.4 is 4.74 Å². The van der Waals surface area contributed by atoms with Gasteiger partial charge in [-0.1, -0.05) is 32.0 Å². The van der Waals surface area contributed by atoms with Crippen LogP contribution in [0.1, 0.15) is 35.6 Å². The van der Waals surface area contributed by atoms with Gasteiger partial charge in [0.1, 0.15) is 18.2 Å². The third-order valence-corrected chi connectivity index (χ3v) is 5.53. The molecule has 5 nitrogen and oxygen atoms in total. The largest absolute Gasteiger partial charge is 0.491 e. The van der Waals surface area contributed by atoms with Gasteiger partial charge in [-0.25, -0.2) is 9.97 Å². The van der Waals surface area contributed by atoms with Crippen LogP contribution in [0.15, 0.2) is 60.9 Å². The maximum atomic E-state index is 13.6. The summed E-state index contributed by atoms with van der Waals surface area (Å²) in [5.74, 6) is 0.880. The highest BCUT2D eigenvalue weighted by Gasteiger charge is 2.34. The summed E-state index contributed by atoms with van der Waals surface area (Å²) < 4.78 is 44.6. The number of carbonyl (C=O) groups is 1. The van der Waals surface area contributed by atoms with E-state index in [0.29, 0.717) is 34.9 Å². The molecule has 0 fully saturated rings. The van der Waals surface area contributed by atoms with E-state index in [4.69, 9.17) is 4.74 Å². The molecule has 2 heterocycles. The Balaban J connectivity index is 1.70. The van der Waals surface area contributed by atoms with Crippen LogP contribution in [0.2, 0.25) is 0 Å². The van der Waals surface area contributed by atoms with Gasteiger partial charge >= 0.3 is 6.18 Å². The molecule has 3 aromatic rings. The van der Waals surface area contributed by atoms with E-state index in [9.17, 15) is 18.0 Å². The molecule has 166 valence electrons. The first-order valence-corrected chi connectivity index (χ1v) is 10.3. The summed E-state index contributed by atoms with van der Waals surface area (Å²) in [6, 6.07) is 11.5. The van der Waals surface area contributed by atoms with E-state index in [1.54, 1.807) is 41.6 Å². The minimum absolute atomic E-state index is 0.131. The fraction of sp³-hybridized carbons (Fsp3) is 0.292. The quantitative estimate of drug-likeness (QED) is 0.557. The van der Waals surface area contributed by atoms with E-state index >= 15 is 0 Å². The predicted octanol–water partition coefficient (Wildman–Crippen LogP) is 5.22. The van der Waals surface area contributed by atoms with Crippen LogP contribution in [0, 0.1) is 5.92 Å². The number of benzene rings is 2. The summed E-state index contributed by atoms with van der Waals surface area (Å²) in [5, 5.41) is 0. The summed E-state index contributed by atoms with van der Waals surface area (Å²) in [5.41, 5.74) is 0.857. The van der Waals surface area contributed by atoms with Crippen molar-refractivity contribution in [1.82, 2.24) is 14.9 Å². The molecule has 1 amide bonds. The standard InChI is InChI=1S/C24H22F3N3O2/c1-15(2)20-14-32-21-9-6-17(16-4-7-18(8-5-16)24(25,26)27)12-19(21)23(31)30(20)13-22-28-10-3-11-29-22/h3-12,15,20H,13-14H2,1-2H3/t20-/m1/s1. The van der Waals surface area contributed by atoms with Crippen LogP contribution in [0.5, 0.6) is 5.75 Å². The van der Waals surface area contributed by atoms with Gasteiger partial charge in [0.15, 0.2) is 0 Å². The fourth-order valence-electron chi connectivity index (χ4n) is 3.73. The lowest BCUT2D eigenvalue weighted by molar-refractivity contribution is -0.137. The smallest absolute Gasteiger partial charge is 0.416 e. The van der Waals surface area contributed by atoms with Gasteiger partial charge in [-0.05, 0) is 47.4 Å². The number of rotatable bonds is 4. The van der Waals surface area contributed by atoms with Crippen LogP contribution in [0.4, 0.5) is 13.2 Å². The van der Waals surface area contributed by atoms with Crippen LogP contribution in [-0.2, 0) is 12.7 Å². The molecule has 0 radical (unpaired) electrons. The fourth-order valence-corrected chi connectivity index (χ4v) is 3.73. The maximum absolute atomic E-state index is 13.6. The minimum atomic E-state index is -4.40. The molecule has 4 rings (SSSR count). The van der Waals surface area contributed by atoms with Crippen molar-refractivity contribution in [3.05, 3.63) is 77.9 Å². The Morgan fingerprint density at radius 2 is 1.72 bits per heavy atom. The van der Waals surface area contributed by atoms with Crippen molar-refractivity contribution in [1.29, 1.82) is 0 Å². The average Bonchev–Trinajstić information content (AvgIpc) is 2.91. The van der Waals surface area contributed by atoms with E-state index in [1.807, 2.05) is 13.8 Å². The van der Waals surface area contributed by atoms with E-state index < -0.39 is 11.7 Å². The number of hydrogen-bond donors (Lipinski definition) is 0. The molecule has 1 aliphatic rings. The topological polar surface area (TPSA) is 55.3 Å². The molecule has 1 atom stereocenters. The Labute approximate surface area is 183 Å². The van der Waals surface area contributed by atoms with Gasteiger partial charge in [0.25, 0.3) is 5.91 Å². The zero-order chi connectivity index (χ0) is 22.9. The Morgan fingerprint density at radius 3 is 2.34 bits per heavy atom. The van der Waals surface area contributed by atoms with Gasteiger partial charge in [0, 0.05) is 12.4 Å². The zero-order valence-corrected chi connectivity index (χ0v) is 17.6. The molecule has 0 N–H and O–H groups in total. The number of alkyl halides is 3. The molecule has 2 aromatic carbocycles. The molecule has 0 bridgehead atoms. The molecule has 8 heteroatoms. The molecule has 0 unspecified atom stereocenters. The van der Waals surface area contributed by atoms with Crippen LogP contribution in [0.25, 0.3) is 11.1 Å². The van der Waals surface area contributed by atoms with Gasteiger partial charge in [-0.2, -0.15) is 13.2 Å². The molecule has 0 aliphatic carbocycles. The molecule has 32 heavy (non-hydrogen) atoms. The van der Waals surface area contributed by atoms with E-state index in [0.717, 1.165) is 12.1 Å². The molecule has 1 aromatic heterocycles. The summed E-state index contributed by atoms with van der Waals surface area (Å²) in [6.45, 7) is 4.59. The number of carbonyl (C=O) groups excluding carboxylic acids is 1. The molecule has 0 spiro atoms. The molecular weight excluding hydrogens is 419 g/mol. The first-order valence-electron chi connectivity index (χ1n) is 10.3. The monoisotopic (exact) mass is 441 g/mol. The van der Waals surface area contributed by atoms with Gasteiger partial charge < -0.3 is 9.64 Å². The van der Waals surface area contributed by atoms with Crippen molar-refractivity contribution in [2.75, 3.05) is 6.61 Å². The molecule has 0 saturated heterocycles. The Bertz CT molecular complexity index is 1100.